The molecule has 1 aromatic heterocycles. The van der Waals surface area contributed by atoms with Crippen LogP contribution in [0.3, 0.4) is 0 Å². The molecule has 1 unspecified atom stereocenters. The standard InChI is InChI=1S/C12H16N2/c13-8-10-9-2-1-7-14-11(9)3-4-12(10)5-6-12/h1-2,7,10H,3-6,8,13H2. The molecule has 1 fully saturated rings. The van der Waals surface area contributed by atoms with Crippen LogP contribution in [0.5, 0.6) is 0 Å². The fraction of sp³-hybridized carbons (Fsp3) is 0.583. The summed E-state index contributed by atoms with van der Waals surface area (Å²) in [7, 11) is 0. The van der Waals surface area contributed by atoms with Crippen LogP contribution in [0.25, 0.3) is 0 Å². The number of hydrogen-bond donors (Lipinski definition) is 1. The van der Waals surface area contributed by atoms with Crippen molar-refractivity contribution in [2.24, 2.45) is 11.1 Å². The Kier molecular flexibility index (Phi) is 1.68. The first-order chi connectivity index (χ1) is 6.86. The molecular weight excluding hydrogens is 172 g/mol. The lowest BCUT2D eigenvalue weighted by atomic mass is 9.74. The van der Waals surface area contributed by atoms with Crippen molar-refractivity contribution >= 4 is 0 Å². The Hall–Kier alpha value is -0.890. The molecule has 2 heteroatoms. The van der Waals surface area contributed by atoms with Gasteiger partial charge in [0.05, 0.1) is 0 Å². The van der Waals surface area contributed by atoms with Crippen LogP contribution in [0.2, 0.25) is 0 Å². The smallest absolute Gasteiger partial charge is 0.0439 e. The average Bonchev–Trinajstić information content (AvgIpc) is 2.99. The van der Waals surface area contributed by atoms with Crippen LogP contribution in [0.4, 0.5) is 0 Å². The Morgan fingerprint density at radius 1 is 1.43 bits per heavy atom. The molecule has 2 nitrogen and oxygen atoms in total. The van der Waals surface area contributed by atoms with Crippen LogP contribution >= 0.6 is 0 Å². The predicted molar refractivity (Wildman–Crippen MR) is 56.0 cm³/mol. The largest absolute Gasteiger partial charge is 0.330 e. The summed E-state index contributed by atoms with van der Waals surface area (Å²) < 4.78 is 0. The number of hydrogen-bond acceptors (Lipinski definition) is 2. The minimum atomic E-state index is 0.574. The van der Waals surface area contributed by atoms with E-state index in [1.54, 1.807) is 0 Å². The van der Waals surface area contributed by atoms with Crippen LogP contribution in [0.15, 0.2) is 18.3 Å². The van der Waals surface area contributed by atoms with E-state index < -0.39 is 0 Å². The van der Waals surface area contributed by atoms with Gasteiger partial charge in [0.15, 0.2) is 0 Å². The molecule has 1 spiro atoms. The number of fused-ring (bicyclic) bond motifs is 1. The van der Waals surface area contributed by atoms with Gasteiger partial charge in [-0.2, -0.15) is 0 Å². The van der Waals surface area contributed by atoms with E-state index in [1.165, 1.54) is 30.5 Å². The molecule has 1 heterocycles. The highest BCUT2D eigenvalue weighted by molar-refractivity contribution is 5.32. The fourth-order valence-corrected chi connectivity index (χ4v) is 2.98. The van der Waals surface area contributed by atoms with E-state index in [0.717, 1.165) is 13.0 Å². The normalized spacial score (nSPS) is 27.4. The van der Waals surface area contributed by atoms with Gasteiger partial charge in [0.2, 0.25) is 0 Å². The van der Waals surface area contributed by atoms with Gasteiger partial charge in [0.25, 0.3) is 0 Å². The van der Waals surface area contributed by atoms with Gasteiger partial charge in [0.1, 0.15) is 0 Å². The second-order valence-electron chi connectivity index (χ2n) is 4.69. The van der Waals surface area contributed by atoms with Crippen molar-refractivity contribution in [3.63, 3.8) is 0 Å². The van der Waals surface area contributed by atoms with Gasteiger partial charge in [-0.25, -0.2) is 0 Å². The van der Waals surface area contributed by atoms with Crippen LogP contribution in [-0.4, -0.2) is 11.5 Å². The number of aromatic nitrogens is 1. The zero-order valence-corrected chi connectivity index (χ0v) is 8.37. The second-order valence-corrected chi connectivity index (χ2v) is 4.69. The van der Waals surface area contributed by atoms with Crippen molar-refractivity contribution < 1.29 is 0 Å². The Morgan fingerprint density at radius 3 is 3.00 bits per heavy atom. The zero-order valence-electron chi connectivity index (χ0n) is 8.37. The predicted octanol–water partition coefficient (Wildman–Crippen LogP) is 1.85. The van der Waals surface area contributed by atoms with Gasteiger partial charge in [-0.1, -0.05) is 6.07 Å². The molecule has 0 aromatic carbocycles. The summed E-state index contributed by atoms with van der Waals surface area (Å²) in [6.45, 7) is 0.790. The molecule has 0 bridgehead atoms. The van der Waals surface area contributed by atoms with Gasteiger partial charge in [-0.3, -0.25) is 4.98 Å². The quantitative estimate of drug-likeness (QED) is 0.730. The lowest BCUT2D eigenvalue weighted by molar-refractivity contribution is 0.348. The molecular formula is C12H16N2. The van der Waals surface area contributed by atoms with Gasteiger partial charge in [-0.15, -0.1) is 0 Å². The van der Waals surface area contributed by atoms with Crippen molar-refractivity contribution in [2.45, 2.75) is 31.6 Å². The van der Waals surface area contributed by atoms with Crippen molar-refractivity contribution in [1.82, 2.24) is 4.98 Å². The first-order valence-electron chi connectivity index (χ1n) is 5.50. The Morgan fingerprint density at radius 2 is 2.29 bits per heavy atom. The Labute approximate surface area is 84.5 Å². The highest BCUT2D eigenvalue weighted by Gasteiger charge is 2.51. The molecule has 1 aromatic rings. The number of pyridine rings is 1. The first-order valence-corrected chi connectivity index (χ1v) is 5.50. The average molecular weight is 188 g/mol. The van der Waals surface area contributed by atoms with Crippen LogP contribution < -0.4 is 5.73 Å². The maximum atomic E-state index is 5.91. The summed E-state index contributed by atoms with van der Waals surface area (Å²) in [6.07, 6.45) is 7.12. The minimum absolute atomic E-state index is 0.574. The lowest BCUT2D eigenvalue weighted by Crippen LogP contribution is -2.28. The van der Waals surface area contributed by atoms with Gasteiger partial charge >= 0.3 is 0 Å². The van der Waals surface area contributed by atoms with Gasteiger partial charge in [0, 0.05) is 17.8 Å². The number of nitrogens with zero attached hydrogens (tertiary/aromatic N) is 1. The number of rotatable bonds is 1. The van der Waals surface area contributed by atoms with Crippen LogP contribution in [-0.2, 0) is 6.42 Å². The first kappa shape index (κ1) is 8.42. The van der Waals surface area contributed by atoms with Crippen molar-refractivity contribution in [3.8, 4) is 0 Å². The Balaban J connectivity index is 2.06. The van der Waals surface area contributed by atoms with E-state index >= 15 is 0 Å². The molecule has 1 saturated carbocycles. The molecule has 2 N–H and O–H groups in total. The monoisotopic (exact) mass is 188 g/mol. The summed E-state index contributed by atoms with van der Waals surface area (Å²) in [5.74, 6) is 0.583. The summed E-state index contributed by atoms with van der Waals surface area (Å²) >= 11 is 0. The third-order valence-corrected chi connectivity index (χ3v) is 4.03. The summed E-state index contributed by atoms with van der Waals surface area (Å²) in [6, 6.07) is 4.27. The molecule has 2 aliphatic rings. The maximum absolute atomic E-state index is 5.91. The Bertz CT molecular complexity index is 355. The molecule has 1 atom stereocenters. The molecule has 3 rings (SSSR count). The van der Waals surface area contributed by atoms with E-state index in [1.807, 2.05) is 12.3 Å². The van der Waals surface area contributed by atoms with Gasteiger partial charge < -0.3 is 5.73 Å². The minimum Gasteiger partial charge on any atom is -0.330 e. The fourth-order valence-electron chi connectivity index (χ4n) is 2.98. The topological polar surface area (TPSA) is 38.9 Å². The third-order valence-electron chi connectivity index (χ3n) is 4.03. The number of nitrogens with two attached hydrogens (primary N) is 1. The van der Waals surface area contributed by atoms with Crippen LogP contribution in [0, 0.1) is 5.41 Å². The number of aryl methyl sites for hydroxylation is 1. The third kappa shape index (κ3) is 1.04. The lowest BCUT2D eigenvalue weighted by Gasteiger charge is -2.32. The van der Waals surface area contributed by atoms with E-state index in [-0.39, 0.29) is 0 Å². The molecule has 14 heavy (non-hydrogen) atoms. The van der Waals surface area contributed by atoms with E-state index in [2.05, 4.69) is 11.1 Å². The van der Waals surface area contributed by atoms with Crippen LogP contribution in [0.1, 0.15) is 36.4 Å². The second kappa shape index (κ2) is 2.80. The summed E-state index contributed by atoms with van der Waals surface area (Å²) in [5, 5.41) is 0. The van der Waals surface area contributed by atoms with E-state index in [9.17, 15) is 0 Å². The summed E-state index contributed by atoms with van der Waals surface area (Å²) in [4.78, 5) is 4.46. The van der Waals surface area contributed by atoms with E-state index in [4.69, 9.17) is 5.73 Å². The van der Waals surface area contributed by atoms with Crippen molar-refractivity contribution in [1.29, 1.82) is 0 Å². The maximum Gasteiger partial charge on any atom is 0.0439 e. The van der Waals surface area contributed by atoms with E-state index in [0.29, 0.717) is 11.3 Å². The molecule has 0 aliphatic heterocycles. The molecule has 74 valence electrons. The SMILES string of the molecule is NCC1c2cccnc2CCC12CC2. The highest BCUT2D eigenvalue weighted by atomic mass is 14.7. The zero-order chi connectivity index (χ0) is 9.60. The summed E-state index contributed by atoms with van der Waals surface area (Å²) in [5.41, 5.74) is 9.20. The van der Waals surface area contributed by atoms with Crippen molar-refractivity contribution in [2.75, 3.05) is 6.54 Å². The highest BCUT2D eigenvalue weighted by Crippen LogP contribution is 2.61. The molecule has 0 saturated heterocycles. The molecule has 0 radical (unpaired) electrons. The molecule has 2 aliphatic carbocycles. The van der Waals surface area contributed by atoms with Gasteiger partial charge in [-0.05, 0) is 49.3 Å². The molecule has 0 amide bonds. The van der Waals surface area contributed by atoms with Crippen molar-refractivity contribution in [3.05, 3.63) is 29.6 Å².